The molecule has 3 rings (SSSR count). The van der Waals surface area contributed by atoms with Crippen LogP contribution in [0.3, 0.4) is 0 Å². The van der Waals surface area contributed by atoms with Crippen LogP contribution in [0.5, 0.6) is 0 Å². The second kappa shape index (κ2) is 4.77. The zero-order valence-corrected chi connectivity index (χ0v) is 10.8. The molecule has 108 valence electrons. The molecule has 0 radical (unpaired) electrons. The number of carbonyl (C=O) groups excluding carboxylic acids is 1. The van der Waals surface area contributed by atoms with Crippen molar-refractivity contribution >= 4 is 11.6 Å². The van der Waals surface area contributed by atoms with E-state index in [1.807, 2.05) is 0 Å². The van der Waals surface area contributed by atoms with Gasteiger partial charge in [0.1, 0.15) is 0 Å². The van der Waals surface area contributed by atoms with Gasteiger partial charge >= 0.3 is 0 Å². The zero-order chi connectivity index (χ0) is 14.3. The molecule has 2 aliphatic rings. The van der Waals surface area contributed by atoms with Crippen molar-refractivity contribution in [3.63, 3.8) is 0 Å². The Balaban J connectivity index is 1.70. The van der Waals surface area contributed by atoms with Crippen molar-refractivity contribution in [1.29, 1.82) is 0 Å². The molecular formula is C14H15F3N2O. The maximum absolute atomic E-state index is 13.5. The van der Waals surface area contributed by atoms with Crippen molar-refractivity contribution in [3.8, 4) is 0 Å². The van der Waals surface area contributed by atoms with Gasteiger partial charge in [0, 0.05) is 5.92 Å². The smallest absolute Gasteiger partial charge is 0.228 e. The number of hydrogen-bond donors (Lipinski definition) is 2. The van der Waals surface area contributed by atoms with Crippen molar-refractivity contribution in [3.05, 3.63) is 29.6 Å². The Morgan fingerprint density at radius 3 is 2.60 bits per heavy atom. The van der Waals surface area contributed by atoms with Crippen LogP contribution in [0.15, 0.2) is 12.1 Å². The van der Waals surface area contributed by atoms with E-state index in [9.17, 15) is 18.0 Å². The molecule has 1 aliphatic carbocycles. The molecule has 1 aliphatic heterocycles. The van der Waals surface area contributed by atoms with Gasteiger partial charge in [-0.25, -0.2) is 13.2 Å². The molecule has 0 bridgehead atoms. The number of amides is 1. The second-order valence-electron chi connectivity index (χ2n) is 5.58. The predicted octanol–water partition coefficient (Wildman–Crippen LogP) is 2.43. The first-order valence-electron chi connectivity index (χ1n) is 6.69. The summed E-state index contributed by atoms with van der Waals surface area (Å²) in [6.07, 6.45) is 2.63. The summed E-state index contributed by atoms with van der Waals surface area (Å²) < 4.78 is 39.4. The van der Waals surface area contributed by atoms with E-state index in [0.29, 0.717) is 0 Å². The molecule has 3 nitrogen and oxygen atoms in total. The van der Waals surface area contributed by atoms with Crippen LogP contribution in [0, 0.1) is 28.8 Å². The summed E-state index contributed by atoms with van der Waals surface area (Å²) >= 11 is 0. The van der Waals surface area contributed by atoms with Gasteiger partial charge in [-0.15, -0.1) is 0 Å². The van der Waals surface area contributed by atoms with Gasteiger partial charge in [0.05, 0.1) is 5.69 Å². The number of benzene rings is 1. The Kier molecular flexibility index (Phi) is 3.20. The molecule has 2 N–H and O–H groups in total. The Morgan fingerprint density at radius 1 is 1.20 bits per heavy atom. The molecular weight excluding hydrogens is 269 g/mol. The van der Waals surface area contributed by atoms with Crippen molar-refractivity contribution in [1.82, 2.24) is 5.32 Å². The van der Waals surface area contributed by atoms with Crippen molar-refractivity contribution < 1.29 is 18.0 Å². The molecule has 1 atom stereocenters. The van der Waals surface area contributed by atoms with E-state index < -0.39 is 17.5 Å². The Bertz CT molecular complexity index is 556. The van der Waals surface area contributed by atoms with Crippen LogP contribution in [0.1, 0.15) is 19.3 Å². The molecule has 1 heterocycles. The number of nitrogens with one attached hydrogen (secondary N) is 2. The van der Waals surface area contributed by atoms with Gasteiger partial charge in [-0.3, -0.25) is 4.79 Å². The molecule has 1 aromatic carbocycles. The summed E-state index contributed by atoms with van der Waals surface area (Å²) in [5, 5.41) is 5.60. The summed E-state index contributed by atoms with van der Waals surface area (Å²) in [4.78, 5) is 12.1. The van der Waals surface area contributed by atoms with E-state index in [2.05, 4.69) is 10.6 Å². The Morgan fingerprint density at radius 2 is 1.90 bits per heavy atom. The van der Waals surface area contributed by atoms with E-state index in [1.165, 1.54) is 0 Å². The molecule has 20 heavy (non-hydrogen) atoms. The monoisotopic (exact) mass is 284 g/mol. The Hall–Kier alpha value is -1.56. The minimum Gasteiger partial charge on any atom is -0.323 e. The summed E-state index contributed by atoms with van der Waals surface area (Å²) in [5.74, 6) is -4.63. The maximum Gasteiger partial charge on any atom is 0.228 e. The zero-order valence-electron chi connectivity index (χ0n) is 10.8. The Labute approximate surface area is 114 Å². The highest BCUT2D eigenvalue weighted by Crippen LogP contribution is 2.58. The SMILES string of the molecule is O=C(Nc1ccc(F)c(F)c1F)C1CC12CCNCC2. The number of piperidine rings is 1. The third kappa shape index (κ3) is 2.18. The minimum absolute atomic E-state index is 0.0182. The highest BCUT2D eigenvalue weighted by atomic mass is 19.2. The van der Waals surface area contributed by atoms with E-state index in [4.69, 9.17) is 0 Å². The van der Waals surface area contributed by atoms with Crippen LogP contribution in [0.25, 0.3) is 0 Å². The van der Waals surface area contributed by atoms with Crippen LogP contribution in [0.2, 0.25) is 0 Å². The van der Waals surface area contributed by atoms with Gasteiger partial charge in [0.2, 0.25) is 5.91 Å². The topological polar surface area (TPSA) is 41.1 Å². The number of halogens is 3. The van der Waals surface area contributed by atoms with Crippen LogP contribution < -0.4 is 10.6 Å². The van der Waals surface area contributed by atoms with Crippen molar-refractivity contribution in [2.75, 3.05) is 18.4 Å². The number of rotatable bonds is 2. The van der Waals surface area contributed by atoms with Crippen LogP contribution in [-0.2, 0) is 4.79 Å². The van der Waals surface area contributed by atoms with Crippen LogP contribution in [-0.4, -0.2) is 19.0 Å². The molecule has 0 aromatic heterocycles. The lowest BCUT2D eigenvalue weighted by Gasteiger charge is -2.23. The van der Waals surface area contributed by atoms with E-state index in [-0.39, 0.29) is 22.9 Å². The largest absolute Gasteiger partial charge is 0.323 e. The highest BCUT2D eigenvalue weighted by molar-refractivity contribution is 5.95. The highest BCUT2D eigenvalue weighted by Gasteiger charge is 2.57. The van der Waals surface area contributed by atoms with E-state index in [0.717, 1.165) is 44.5 Å². The summed E-state index contributed by atoms with van der Waals surface area (Å²) in [6, 6.07) is 1.85. The van der Waals surface area contributed by atoms with Gasteiger partial charge in [-0.2, -0.15) is 0 Å². The first-order valence-corrected chi connectivity index (χ1v) is 6.69. The first kappa shape index (κ1) is 13.4. The second-order valence-corrected chi connectivity index (χ2v) is 5.58. The molecule has 1 amide bonds. The fourth-order valence-electron chi connectivity index (χ4n) is 3.04. The normalized spacial score (nSPS) is 23.6. The van der Waals surface area contributed by atoms with Gasteiger partial charge in [-0.05, 0) is 49.9 Å². The average Bonchev–Trinajstić information content (AvgIpc) is 3.14. The maximum atomic E-state index is 13.5. The molecule has 1 saturated heterocycles. The van der Waals surface area contributed by atoms with Crippen LogP contribution in [0.4, 0.5) is 18.9 Å². The molecule has 6 heteroatoms. The number of carbonyl (C=O) groups is 1. The molecule has 1 spiro atoms. The fourth-order valence-corrected chi connectivity index (χ4v) is 3.04. The quantitative estimate of drug-likeness (QED) is 0.819. The standard InChI is InChI=1S/C14H15F3N2O/c15-9-1-2-10(12(17)11(9)16)19-13(20)8-7-14(8)3-5-18-6-4-14/h1-2,8,18H,3-7H2,(H,19,20). The summed E-state index contributed by atoms with van der Waals surface area (Å²) in [5.41, 5.74) is -0.283. The van der Waals surface area contributed by atoms with Crippen molar-refractivity contribution in [2.24, 2.45) is 11.3 Å². The average molecular weight is 284 g/mol. The summed E-state index contributed by atoms with van der Waals surface area (Å²) in [7, 11) is 0. The van der Waals surface area contributed by atoms with Gasteiger partial charge < -0.3 is 10.6 Å². The lowest BCUT2D eigenvalue weighted by molar-refractivity contribution is -0.118. The van der Waals surface area contributed by atoms with Crippen LogP contribution >= 0.6 is 0 Å². The van der Waals surface area contributed by atoms with Gasteiger partial charge in [0.15, 0.2) is 17.5 Å². The third-order valence-electron chi connectivity index (χ3n) is 4.40. The van der Waals surface area contributed by atoms with Crippen molar-refractivity contribution in [2.45, 2.75) is 19.3 Å². The first-order chi connectivity index (χ1) is 9.53. The van der Waals surface area contributed by atoms with Gasteiger partial charge in [-0.1, -0.05) is 0 Å². The minimum atomic E-state index is -1.56. The molecule has 2 fully saturated rings. The fraction of sp³-hybridized carbons (Fsp3) is 0.500. The molecule has 1 aromatic rings. The van der Waals surface area contributed by atoms with Gasteiger partial charge in [0.25, 0.3) is 0 Å². The summed E-state index contributed by atoms with van der Waals surface area (Å²) in [6.45, 7) is 1.76. The predicted molar refractivity (Wildman–Crippen MR) is 67.6 cm³/mol. The molecule has 1 saturated carbocycles. The number of anilines is 1. The lowest BCUT2D eigenvalue weighted by atomic mass is 9.92. The third-order valence-corrected chi connectivity index (χ3v) is 4.40. The lowest BCUT2D eigenvalue weighted by Crippen LogP contribution is -2.31. The van der Waals surface area contributed by atoms with E-state index in [1.54, 1.807) is 0 Å². The van der Waals surface area contributed by atoms with E-state index >= 15 is 0 Å². The number of hydrogen-bond acceptors (Lipinski definition) is 2. The molecule has 1 unspecified atom stereocenters.